The minimum absolute atomic E-state index is 0.206. The molecule has 0 bridgehead atoms. The van der Waals surface area contributed by atoms with Crippen LogP contribution >= 0.6 is 0 Å². The fraction of sp³-hybridized carbons (Fsp3) is 0.533. The molecule has 0 aromatic heterocycles. The van der Waals surface area contributed by atoms with Crippen LogP contribution in [0, 0.1) is 0 Å². The van der Waals surface area contributed by atoms with Crippen molar-refractivity contribution < 1.29 is 24.5 Å². The summed E-state index contributed by atoms with van der Waals surface area (Å²) in [5.41, 5.74) is -0.487. The van der Waals surface area contributed by atoms with Crippen molar-refractivity contribution in [2.24, 2.45) is 0 Å². The molecular weight excluding hydrogens is 274 g/mol. The van der Waals surface area contributed by atoms with Crippen LogP contribution in [0.4, 0.5) is 0 Å². The lowest BCUT2D eigenvalue weighted by molar-refractivity contribution is -0.0616. The molecule has 116 valence electrons. The van der Waals surface area contributed by atoms with Crippen LogP contribution in [0.1, 0.15) is 23.2 Å². The van der Waals surface area contributed by atoms with Gasteiger partial charge in [0.2, 0.25) is 0 Å². The molecule has 1 aromatic carbocycles. The van der Waals surface area contributed by atoms with Crippen LogP contribution in [0.3, 0.4) is 0 Å². The maximum absolute atomic E-state index is 10.8. The fourth-order valence-corrected chi connectivity index (χ4v) is 2.21. The molecule has 0 amide bonds. The molecule has 0 unspecified atom stereocenters. The van der Waals surface area contributed by atoms with Gasteiger partial charge in [-0.2, -0.15) is 0 Å². The van der Waals surface area contributed by atoms with Crippen LogP contribution < -0.4 is 10.1 Å². The Kier molecular flexibility index (Phi) is 5.55. The number of ether oxygens (including phenoxy) is 2. The number of carbonyl (C=O) groups is 1. The largest absolute Gasteiger partial charge is 0.492 e. The van der Waals surface area contributed by atoms with Crippen molar-refractivity contribution in [2.45, 2.75) is 18.4 Å². The highest BCUT2D eigenvalue weighted by Crippen LogP contribution is 2.19. The third kappa shape index (κ3) is 5.00. The number of rotatable bonds is 7. The first-order chi connectivity index (χ1) is 10.1. The van der Waals surface area contributed by atoms with Gasteiger partial charge in [-0.25, -0.2) is 4.79 Å². The van der Waals surface area contributed by atoms with E-state index in [1.807, 2.05) is 0 Å². The molecule has 0 atom stereocenters. The van der Waals surface area contributed by atoms with E-state index < -0.39 is 11.6 Å². The molecule has 1 aromatic rings. The summed E-state index contributed by atoms with van der Waals surface area (Å²) in [6.07, 6.45) is 1.28. The van der Waals surface area contributed by atoms with E-state index in [1.54, 1.807) is 12.1 Å². The van der Waals surface area contributed by atoms with E-state index in [0.29, 0.717) is 51.5 Å². The highest BCUT2D eigenvalue weighted by Gasteiger charge is 2.28. The normalized spacial score (nSPS) is 17.4. The summed E-state index contributed by atoms with van der Waals surface area (Å²) >= 11 is 0. The van der Waals surface area contributed by atoms with E-state index in [0.717, 1.165) is 0 Å². The van der Waals surface area contributed by atoms with Crippen molar-refractivity contribution in [3.63, 3.8) is 0 Å². The zero-order valence-electron chi connectivity index (χ0n) is 11.9. The van der Waals surface area contributed by atoms with Gasteiger partial charge in [0.25, 0.3) is 0 Å². The molecule has 0 saturated carbocycles. The summed E-state index contributed by atoms with van der Waals surface area (Å²) in [4.78, 5) is 10.8. The lowest BCUT2D eigenvalue weighted by atomic mass is 9.94. The van der Waals surface area contributed by atoms with Crippen LogP contribution in [0.5, 0.6) is 5.75 Å². The molecule has 1 aliphatic heterocycles. The van der Waals surface area contributed by atoms with Crippen LogP contribution in [0.15, 0.2) is 24.3 Å². The molecule has 2 rings (SSSR count). The van der Waals surface area contributed by atoms with Gasteiger partial charge in [-0.3, -0.25) is 0 Å². The molecule has 6 nitrogen and oxygen atoms in total. The average Bonchev–Trinajstić information content (AvgIpc) is 2.48. The number of aliphatic hydroxyl groups is 1. The lowest BCUT2D eigenvalue weighted by Crippen LogP contribution is -2.45. The second-order valence-electron chi connectivity index (χ2n) is 5.19. The summed E-state index contributed by atoms with van der Waals surface area (Å²) < 4.78 is 10.7. The summed E-state index contributed by atoms with van der Waals surface area (Å²) in [6.45, 7) is 2.69. The predicted molar refractivity (Wildman–Crippen MR) is 76.8 cm³/mol. The lowest BCUT2D eigenvalue weighted by Gasteiger charge is -2.32. The quantitative estimate of drug-likeness (QED) is 0.648. The van der Waals surface area contributed by atoms with E-state index in [1.165, 1.54) is 12.1 Å². The van der Waals surface area contributed by atoms with Crippen LogP contribution in [0.2, 0.25) is 0 Å². The molecule has 3 N–H and O–H groups in total. The highest BCUT2D eigenvalue weighted by atomic mass is 16.5. The molecule has 0 spiro atoms. The Morgan fingerprint density at radius 1 is 1.38 bits per heavy atom. The number of aromatic carboxylic acids is 1. The van der Waals surface area contributed by atoms with Crippen LogP contribution in [0.25, 0.3) is 0 Å². The van der Waals surface area contributed by atoms with Crippen molar-refractivity contribution in [3.05, 3.63) is 29.8 Å². The van der Waals surface area contributed by atoms with E-state index in [9.17, 15) is 9.90 Å². The standard InChI is InChI=1S/C15H21NO5/c17-14(18)12-2-1-3-13(10-12)21-9-6-16-11-15(19)4-7-20-8-5-15/h1-3,10,16,19H,4-9,11H2,(H,17,18). The Balaban J connectivity index is 1.67. The van der Waals surface area contributed by atoms with E-state index in [-0.39, 0.29) is 5.56 Å². The second kappa shape index (κ2) is 7.40. The minimum atomic E-state index is -0.972. The minimum Gasteiger partial charge on any atom is -0.492 e. The first kappa shape index (κ1) is 15.8. The monoisotopic (exact) mass is 295 g/mol. The van der Waals surface area contributed by atoms with Crippen molar-refractivity contribution >= 4 is 5.97 Å². The molecule has 1 saturated heterocycles. The molecule has 1 heterocycles. The first-order valence-electron chi connectivity index (χ1n) is 7.06. The van der Waals surface area contributed by atoms with E-state index >= 15 is 0 Å². The zero-order valence-corrected chi connectivity index (χ0v) is 11.9. The number of hydrogen-bond donors (Lipinski definition) is 3. The van der Waals surface area contributed by atoms with Gasteiger partial charge in [-0.15, -0.1) is 0 Å². The van der Waals surface area contributed by atoms with E-state index in [4.69, 9.17) is 14.6 Å². The smallest absolute Gasteiger partial charge is 0.335 e. The molecule has 6 heteroatoms. The van der Waals surface area contributed by atoms with E-state index in [2.05, 4.69) is 5.32 Å². The highest BCUT2D eigenvalue weighted by molar-refractivity contribution is 5.87. The Bertz CT molecular complexity index is 471. The van der Waals surface area contributed by atoms with Crippen molar-refractivity contribution in [3.8, 4) is 5.75 Å². The van der Waals surface area contributed by atoms with Crippen molar-refractivity contribution in [1.29, 1.82) is 0 Å². The van der Waals surface area contributed by atoms with Gasteiger partial charge >= 0.3 is 5.97 Å². The topological polar surface area (TPSA) is 88.0 Å². The zero-order chi connectivity index (χ0) is 15.1. The van der Waals surface area contributed by atoms with Gasteiger partial charge in [0.1, 0.15) is 12.4 Å². The SMILES string of the molecule is O=C(O)c1cccc(OCCNCC2(O)CCOCC2)c1. The number of carboxylic acid groups (broad SMARTS) is 1. The number of nitrogens with one attached hydrogen (secondary N) is 1. The third-order valence-corrected chi connectivity index (χ3v) is 3.51. The summed E-state index contributed by atoms with van der Waals surface area (Å²) in [6, 6.07) is 6.39. The Hall–Kier alpha value is -1.63. The predicted octanol–water partition coefficient (Wildman–Crippen LogP) is 0.895. The molecule has 1 aliphatic rings. The summed E-state index contributed by atoms with van der Waals surface area (Å²) in [5.74, 6) is -0.443. The fourth-order valence-electron chi connectivity index (χ4n) is 2.21. The Labute approximate surface area is 123 Å². The number of benzene rings is 1. The molecule has 21 heavy (non-hydrogen) atoms. The van der Waals surface area contributed by atoms with Gasteiger partial charge in [0.15, 0.2) is 0 Å². The maximum atomic E-state index is 10.8. The third-order valence-electron chi connectivity index (χ3n) is 3.51. The molecule has 0 aliphatic carbocycles. The summed E-state index contributed by atoms with van der Waals surface area (Å²) in [7, 11) is 0. The van der Waals surface area contributed by atoms with Crippen molar-refractivity contribution in [2.75, 3.05) is 32.9 Å². The Morgan fingerprint density at radius 2 is 2.14 bits per heavy atom. The molecular formula is C15H21NO5. The Morgan fingerprint density at radius 3 is 2.86 bits per heavy atom. The van der Waals surface area contributed by atoms with Gasteiger partial charge in [0.05, 0.1) is 11.2 Å². The first-order valence-corrected chi connectivity index (χ1v) is 7.06. The second-order valence-corrected chi connectivity index (χ2v) is 5.19. The van der Waals surface area contributed by atoms with Crippen molar-refractivity contribution in [1.82, 2.24) is 5.32 Å². The van der Waals surface area contributed by atoms with Crippen LogP contribution in [-0.4, -0.2) is 54.7 Å². The van der Waals surface area contributed by atoms with Gasteiger partial charge < -0.3 is 25.0 Å². The van der Waals surface area contributed by atoms with Gasteiger partial charge in [0, 0.05) is 39.1 Å². The summed E-state index contributed by atoms with van der Waals surface area (Å²) in [5, 5.41) is 22.3. The maximum Gasteiger partial charge on any atom is 0.335 e. The number of carboxylic acids is 1. The number of hydrogen-bond acceptors (Lipinski definition) is 5. The average molecular weight is 295 g/mol. The molecule has 0 radical (unpaired) electrons. The van der Waals surface area contributed by atoms with Gasteiger partial charge in [-0.05, 0) is 18.2 Å². The molecule has 1 fully saturated rings. The van der Waals surface area contributed by atoms with Gasteiger partial charge in [-0.1, -0.05) is 6.07 Å². The van der Waals surface area contributed by atoms with Crippen LogP contribution in [-0.2, 0) is 4.74 Å².